The molecule has 6 heteroatoms. The molecule has 0 radical (unpaired) electrons. The second kappa shape index (κ2) is 6.00. The molecule has 1 aliphatic carbocycles. The van der Waals surface area contributed by atoms with Crippen LogP contribution in [0, 0.1) is 11.8 Å². The Morgan fingerprint density at radius 2 is 2.00 bits per heavy atom. The van der Waals surface area contributed by atoms with Gasteiger partial charge in [-0.3, -0.25) is 0 Å². The minimum absolute atomic E-state index is 0.0945. The van der Waals surface area contributed by atoms with Crippen LogP contribution in [0.1, 0.15) is 32.6 Å². The zero-order valence-corrected chi connectivity index (χ0v) is 10.6. The molecule has 17 heavy (non-hydrogen) atoms. The highest BCUT2D eigenvalue weighted by Gasteiger charge is 2.42. The van der Waals surface area contributed by atoms with Gasteiger partial charge in [-0.1, -0.05) is 32.0 Å². The van der Waals surface area contributed by atoms with E-state index in [0.29, 0.717) is 5.92 Å². The molecule has 3 unspecified atom stereocenters. The number of ether oxygens (including phenoxy) is 1. The van der Waals surface area contributed by atoms with E-state index in [-0.39, 0.29) is 6.10 Å². The maximum atomic E-state index is 12.6. The Bertz CT molecular complexity index is 270. The SMILES string of the molecule is CC1CCCCC1OCC(C(N)=S)C(F)(F)F. The van der Waals surface area contributed by atoms with Crippen molar-refractivity contribution in [2.24, 2.45) is 17.6 Å². The van der Waals surface area contributed by atoms with Crippen LogP contribution in [0.3, 0.4) is 0 Å². The third kappa shape index (κ3) is 4.43. The summed E-state index contributed by atoms with van der Waals surface area (Å²) in [6, 6.07) is 0. The average molecular weight is 269 g/mol. The van der Waals surface area contributed by atoms with E-state index >= 15 is 0 Å². The molecule has 0 bridgehead atoms. The largest absolute Gasteiger partial charge is 0.400 e. The summed E-state index contributed by atoms with van der Waals surface area (Å²) in [7, 11) is 0. The highest BCUT2D eigenvalue weighted by Crippen LogP contribution is 2.30. The van der Waals surface area contributed by atoms with Crippen molar-refractivity contribution in [3.8, 4) is 0 Å². The van der Waals surface area contributed by atoms with Crippen molar-refractivity contribution in [1.29, 1.82) is 0 Å². The second-order valence-electron chi connectivity index (χ2n) is 4.63. The summed E-state index contributed by atoms with van der Waals surface area (Å²) in [5.74, 6) is -1.52. The van der Waals surface area contributed by atoms with E-state index in [1.54, 1.807) is 0 Å². The Hall–Kier alpha value is -0.360. The fourth-order valence-electron chi connectivity index (χ4n) is 2.09. The van der Waals surface area contributed by atoms with Gasteiger partial charge in [0.15, 0.2) is 0 Å². The molecular formula is C11H18F3NOS. The van der Waals surface area contributed by atoms with Crippen molar-refractivity contribution in [3.05, 3.63) is 0 Å². The highest BCUT2D eigenvalue weighted by atomic mass is 32.1. The lowest BCUT2D eigenvalue weighted by Crippen LogP contribution is -2.40. The molecule has 100 valence electrons. The number of thiocarbonyl (C=S) groups is 1. The highest BCUT2D eigenvalue weighted by molar-refractivity contribution is 7.80. The summed E-state index contributed by atoms with van der Waals surface area (Å²) in [6.45, 7) is 1.56. The average Bonchev–Trinajstić information content (AvgIpc) is 2.18. The van der Waals surface area contributed by atoms with Crippen LogP contribution < -0.4 is 5.73 Å². The quantitative estimate of drug-likeness (QED) is 0.797. The van der Waals surface area contributed by atoms with Gasteiger partial charge < -0.3 is 10.5 Å². The molecular weight excluding hydrogens is 251 g/mol. The van der Waals surface area contributed by atoms with E-state index in [9.17, 15) is 13.2 Å². The molecule has 1 saturated carbocycles. The summed E-state index contributed by atoms with van der Waals surface area (Å²) in [6.07, 6.45) is -0.540. The number of hydrogen-bond acceptors (Lipinski definition) is 2. The molecule has 0 spiro atoms. The van der Waals surface area contributed by atoms with E-state index < -0.39 is 23.7 Å². The molecule has 2 N–H and O–H groups in total. The fourth-order valence-corrected chi connectivity index (χ4v) is 2.29. The predicted octanol–water partition coefficient (Wildman–Crippen LogP) is 3.05. The van der Waals surface area contributed by atoms with E-state index in [4.69, 9.17) is 10.5 Å². The maximum absolute atomic E-state index is 12.6. The minimum atomic E-state index is -4.41. The number of rotatable bonds is 4. The first kappa shape index (κ1) is 14.7. The van der Waals surface area contributed by atoms with E-state index in [1.807, 2.05) is 6.92 Å². The third-order valence-corrected chi connectivity index (χ3v) is 3.53. The van der Waals surface area contributed by atoms with Crippen LogP contribution in [0.4, 0.5) is 13.2 Å². The lowest BCUT2D eigenvalue weighted by molar-refractivity contribution is -0.174. The Morgan fingerprint density at radius 3 is 2.47 bits per heavy atom. The van der Waals surface area contributed by atoms with Gasteiger partial charge in [0, 0.05) is 0 Å². The molecule has 0 aliphatic heterocycles. The molecule has 1 fully saturated rings. The first-order chi connectivity index (χ1) is 7.82. The Labute approximate surface area is 105 Å². The van der Waals surface area contributed by atoms with Gasteiger partial charge in [-0.05, 0) is 18.8 Å². The zero-order valence-electron chi connectivity index (χ0n) is 9.80. The van der Waals surface area contributed by atoms with Gasteiger partial charge in [0.25, 0.3) is 0 Å². The van der Waals surface area contributed by atoms with Gasteiger partial charge in [0.1, 0.15) is 5.92 Å². The third-order valence-electron chi connectivity index (χ3n) is 3.25. The van der Waals surface area contributed by atoms with Gasteiger partial charge in [-0.15, -0.1) is 0 Å². The summed E-state index contributed by atoms with van der Waals surface area (Å²) in [5.41, 5.74) is 5.10. The van der Waals surface area contributed by atoms with Crippen LogP contribution in [-0.2, 0) is 4.74 Å². The standard InChI is InChI=1S/C11H18F3NOS/c1-7-4-2-3-5-9(7)16-6-8(10(15)17)11(12,13)14/h7-9H,2-6H2,1H3,(H2,15,17). The van der Waals surface area contributed by atoms with Crippen molar-refractivity contribution >= 4 is 17.2 Å². The molecule has 0 aromatic carbocycles. The van der Waals surface area contributed by atoms with E-state index in [1.165, 1.54) is 0 Å². The van der Waals surface area contributed by atoms with Crippen molar-refractivity contribution in [3.63, 3.8) is 0 Å². The Balaban J connectivity index is 2.49. The van der Waals surface area contributed by atoms with E-state index in [0.717, 1.165) is 25.7 Å². The first-order valence-electron chi connectivity index (χ1n) is 5.80. The normalized spacial score (nSPS) is 27.8. The smallest absolute Gasteiger partial charge is 0.393 e. The molecule has 0 aromatic heterocycles. The summed E-state index contributed by atoms with van der Waals surface area (Å²) >= 11 is 4.44. The Kier molecular flexibility index (Phi) is 5.19. The monoisotopic (exact) mass is 269 g/mol. The molecule has 2 nitrogen and oxygen atoms in total. The zero-order chi connectivity index (χ0) is 13.1. The number of halogens is 3. The number of hydrogen-bond donors (Lipinski definition) is 1. The topological polar surface area (TPSA) is 35.2 Å². The van der Waals surface area contributed by atoms with Crippen LogP contribution in [-0.4, -0.2) is 23.9 Å². The van der Waals surface area contributed by atoms with Crippen LogP contribution in [0.25, 0.3) is 0 Å². The van der Waals surface area contributed by atoms with Gasteiger partial charge >= 0.3 is 6.18 Å². The maximum Gasteiger partial charge on any atom is 0.400 e. The lowest BCUT2D eigenvalue weighted by Gasteiger charge is -2.30. The van der Waals surface area contributed by atoms with Crippen molar-refractivity contribution in [1.82, 2.24) is 0 Å². The van der Waals surface area contributed by atoms with Crippen LogP contribution in [0.5, 0.6) is 0 Å². The van der Waals surface area contributed by atoms with Crippen LogP contribution >= 0.6 is 12.2 Å². The number of alkyl halides is 3. The molecule has 0 saturated heterocycles. The molecule has 0 aromatic rings. The Morgan fingerprint density at radius 1 is 1.41 bits per heavy atom. The van der Waals surface area contributed by atoms with Crippen molar-refractivity contribution in [2.45, 2.75) is 44.9 Å². The van der Waals surface area contributed by atoms with Gasteiger partial charge in [-0.25, -0.2) is 0 Å². The van der Waals surface area contributed by atoms with Gasteiger partial charge in [-0.2, -0.15) is 13.2 Å². The molecule has 0 heterocycles. The van der Waals surface area contributed by atoms with Gasteiger partial charge in [0.2, 0.25) is 0 Å². The van der Waals surface area contributed by atoms with Crippen molar-refractivity contribution in [2.75, 3.05) is 6.61 Å². The summed E-state index contributed by atoms with van der Waals surface area (Å²) in [4.78, 5) is -0.541. The molecule has 3 atom stereocenters. The van der Waals surface area contributed by atoms with Gasteiger partial charge in [0.05, 0.1) is 17.7 Å². The first-order valence-corrected chi connectivity index (χ1v) is 6.21. The van der Waals surface area contributed by atoms with E-state index in [2.05, 4.69) is 12.2 Å². The summed E-state index contributed by atoms with van der Waals surface area (Å²) in [5, 5.41) is 0. The van der Waals surface area contributed by atoms with Crippen molar-refractivity contribution < 1.29 is 17.9 Å². The van der Waals surface area contributed by atoms with Crippen LogP contribution in [0.15, 0.2) is 0 Å². The lowest BCUT2D eigenvalue weighted by atomic mass is 9.88. The summed E-state index contributed by atoms with van der Waals surface area (Å²) < 4.78 is 43.1. The molecule has 1 rings (SSSR count). The van der Waals surface area contributed by atoms with Crippen LogP contribution in [0.2, 0.25) is 0 Å². The predicted molar refractivity (Wildman–Crippen MR) is 63.7 cm³/mol. The second-order valence-corrected chi connectivity index (χ2v) is 5.10. The molecule has 1 aliphatic rings. The minimum Gasteiger partial charge on any atom is -0.393 e. The number of nitrogens with two attached hydrogens (primary N) is 1. The molecule has 0 amide bonds. The fraction of sp³-hybridized carbons (Fsp3) is 0.909.